The number of anilines is 1. The summed E-state index contributed by atoms with van der Waals surface area (Å²) in [5.41, 5.74) is 3.95. The summed E-state index contributed by atoms with van der Waals surface area (Å²) >= 11 is 0. The van der Waals surface area contributed by atoms with Crippen LogP contribution in [0.25, 0.3) is 16.9 Å². The molecule has 1 aliphatic heterocycles. The lowest BCUT2D eigenvalue weighted by atomic mass is 10.1. The molecule has 3 aromatic rings. The Morgan fingerprint density at radius 3 is 2.82 bits per heavy atom. The maximum absolute atomic E-state index is 5.64. The summed E-state index contributed by atoms with van der Waals surface area (Å²) in [6, 6.07) is 10.00. The number of pyridine rings is 1. The normalized spacial score (nSPS) is 13.3. The van der Waals surface area contributed by atoms with Crippen LogP contribution >= 0.6 is 0 Å². The maximum Gasteiger partial charge on any atom is 0.162 e. The van der Waals surface area contributed by atoms with Crippen LogP contribution in [0.1, 0.15) is 6.92 Å². The molecule has 112 valence electrons. The van der Waals surface area contributed by atoms with Gasteiger partial charge in [0.05, 0.1) is 11.4 Å². The number of nitrogens with zero attached hydrogens (tertiary/aromatic N) is 2. The SMILES string of the molecule is CCNc1ccc2nc(-c3ccc4c(c3)OCCO4)cn2c1. The van der Waals surface area contributed by atoms with E-state index in [1.54, 1.807) is 0 Å². The summed E-state index contributed by atoms with van der Waals surface area (Å²) in [7, 11) is 0. The molecule has 0 aliphatic carbocycles. The summed E-state index contributed by atoms with van der Waals surface area (Å²) in [6.07, 6.45) is 4.08. The molecule has 0 fully saturated rings. The molecule has 5 nitrogen and oxygen atoms in total. The van der Waals surface area contributed by atoms with E-state index in [0.717, 1.165) is 40.6 Å². The average Bonchev–Trinajstić information content (AvgIpc) is 2.98. The fourth-order valence-electron chi connectivity index (χ4n) is 2.64. The molecular formula is C17H17N3O2. The van der Waals surface area contributed by atoms with Crippen molar-refractivity contribution in [3.05, 3.63) is 42.7 Å². The number of fused-ring (bicyclic) bond motifs is 2. The number of rotatable bonds is 3. The zero-order chi connectivity index (χ0) is 14.9. The minimum atomic E-state index is 0.591. The number of ether oxygens (including phenoxy) is 2. The van der Waals surface area contributed by atoms with E-state index < -0.39 is 0 Å². The highest BCUT2D eigenvalue weighted by atomic mass is 16.6. The highest BCUT2D eigenvalue weighted by Gasteiger charge is 2.13. The van der Waals surface area contributed by atoms with Gasteiger partial charge in [0.2, 0.25) is 0 Å². The molecule has 4 rings (SSSR count). The van der Waals surface area contributed by atoms with E-state index in [4.69, 9.17) is 9.47 Å². The van der Waals surface area contributed by atoms with Crippen LogP contribution in [0.4, 0.5) is 5.69 Å². The molecule has 5 heteroatoms. The molecule has 3 heterocycles. The van der Waals surface area contributed by atoms with Crippen molar-refractivity contribution in [2.45, 2.75) is 6.92 Å². The summed E-state index contributed by atoms with van der Waals surface area (Å²) in [5.74, 6) is 1.59. The van der Waals surface area contributed by atoms with E-state index >= 15 is 0 Å². The van der Waals surface area contributed by atoms with Crippen LogP contribution in [0.3, 0.4) is 0 Å². The Balaban J connectivity index is 1.74. The van der Waals surface area contributed by atoms with Gasteiger partial charge in [-0.3, -0.25) is 0 Å². The number of hydrogen-bond donors (Lipinski definition) is 1. The van der Waals surface area contributed by atoms with E-state index in [-0.39, 0.29) is 0 Å². The Bertz CT molecular complexity index is 826. The van der Waals surface area contributed by atoms with Gasteiger partial charge in [0.15, 0.2) is 11.5 Å². The first-order valence-corrected chi connectivity index (χ1v) is 7.46. The predicted octanol–water partition coefficient (Wildman–Crippen LogP) is 3.20. The number of nitrogens with one attached hydrogen (secondary N) is 1. The van der Waals surface area contributed by atoms with E-state index in [0.29, 0.717) is 13.2 Å². The van der Waals surface area contributed by atoms with Crippen LogP contribution in [0.5, 0.6) is 11.5 Å². The highest BCUT2D eigenvalue weighted by molar-refractivity contribution is 5.67. The second-order valence-electron chi connectivity index (χ2n) is 5.20. The van der Waals surface area contributed by atoms with Gasteiger partial charge in [0.25, 0.3) is 0 Å². The van der Waals surface area contributed by atoms with Gasteiger partial charge in [0.1, 0.15) is 18.9 Å². The number of imidazole rings is 1. The monoisotopic (exact) mass is 295 g/mol. The van der Waals surface area contributed by atoms with Crippen molar-refractivity contribution in [1.29, 1.82) is 0 Å². The fraction of sp³-hybridized carbons (Fsp3) is 0.235. The molecule has 0 radical (unpaired) electrons. The lowest BCUT2D eigenvalue weighted by molar-refractivity contribution is 0.171. The van der Waals surface area contributed by atoms with Crippen molar-refractivity contribution in [2.75, 3.05) is 25.1 Å². The Hall–Kier alpha value is -2.69. The topological polar surface area (TPSA) is 47.8 Å². The smallest absolute Gasteiger partial charge is 0.162 e. The van der Waals surface area contributed by atoms with Gasteiger partial charge < -0.3 is 19.2 Å². The quantitative estimate of drug-likeness (QED) is 0.806. The zero-order valence-corrected chi connectivity index (χ0v) is 12.4. The third-order valence-electron chi connectivity index (χ3n) is 3.67. The van der Waals surface area contributed by atoms with E-state index in [2.05, 4.69) is 17.2 Å². The minimum Gasteiger partial charge on any atom is -0.486 e. The third-order valence-corrected chi connectivity index (χ3v) is 3.67. The first-order valence-electron chi connectivity index (χ1n) is 7.46. The van der Waals surface area contributed by atoms with E-state index in [1.165, 1.54) is 0 Å². The molecule has 0 bridgehead atoms. The standard InChI is InChI=1S/C17H17N3O2/c1-2-18-13-4-6-17-19-14(11-20(17)10-13)12-3-5-15-16(9-12)22-8-7-21-15/h3-6,9-11,18H,2,7-8H2,1H3. The Morgan fingerprint density at radius 2 is 1.95 bits per heavy atom. The number of aromatic nitrogens is 2. The first-order chi connectivity index (χ1) is 10.8. The molecule has 0 spiro atoms. The highest BCUT2D eigenvalue weighted by Crippen LogP contribution is 2.34. The van der Waals surface area contributed by atoms with Crippen molar-refractivity contribution in [3.63, 3.8) is 0 Å². The second kappa shape index (κ2) is 5.26. The van der Waals surface area contributed by atoms with Gasteiger partial charge in [-0.25, -0.2) is 4.98 Å². The van der Waals surface area contributed by atoms with Gasteiger partial charge in [0, 0.05) is 24.5 Å². The van der Waals surface area contributed by atoms with Crippen molar-refractivity contribution < 1.29 is 9.47 Å². The largest absolute Gasteiger partial charge is 0.486 e. The molecule has 0 unspecified atom stereocenters. The molecule has 0 amide bonds. The Kier molecular flexibility index (Phi) is 3.11. The molecule has 1 aromatic carbocycles. The lowest BCUT2D eigenvalue weighted by Gasteiger charge is -2.18. The van der Waals surface area contributed by atoms with Crippen molar-refractivity contribution in [1.82, 2.24) is 9.38 Å². The Labute approximate surface area is 128 Å². The van der Waals surface area contributed by atoms with Crippen LogP contribution < -0.4 is 14.8 Å². The molecule has 0 saturated heterocycles. The maximum atomic E-state index is 5.64. The first kappa shape index (κ1) is 13.0. The van der Waals surface area contributed by atoms with Crippen LogP contribution in [-0.4, -0.2) is 29.1 Å². The molecule has 22 heavy (non-hydrogen) atoms. The Morgan fingerprint density at radius 1 is 1.09 bits per heavy atom. The van der Waals surface area contributed by atoms with Crippen LogP contribution in [0, 0.1) is 0 Å². The van der Waals surface area contributed by atoms with Gasteiger partial charge in [-0.2, -0.15) is 0 Å². The van der Waals surface area contributed by atoms with Crippen molar-refractivity contribution >= 4 is 11.3 Å². The summed E-state index contributed by atoms with van der Waals surface area (Å²) in [6.45, 7) is 4.18. The van der Waals surface area contributed by atoms with Gasteiger partial charge in [-0.15, -0.1) is 0 Å². The molecule has 1 aliphatic rings. The number of hydrogen-bond acceptors (Lipinski definition) is 4. The van der Waals surface area contributed by atoms with Crippen molar-refractivity contribution in [2.24, 2.45) is 0 Å². The average molecular weight is 295 g/mol. The minimum absolute atomic E-state index is 0.591. The predicted molar refractivity (Wildman–Crippen MR) is 85.8 cm³/mol. The van der Waals surface area contributed by atoms with E-state index in [9.17, 15) is 0 Å². The zero-order valence-electron chi connectivity index (χ0n) is 12.4. The molecule has 1 N–H and O–H groups in total. The molecule has 2 aromatic heterocycles. The number of benzene rings is 1. The molecule has 0 saturated carbocycles. The van der Waals surface area contributed by atoms with Gasteiger partial charge in [-0.1, -0.05) is 0 Å². The van der Waals surface area contributed by atoms with Gasteiger partial charge in [-0.05, 0) is 37.3 Å². The van der Waals surface area contributed by atoms with Gasteiger partial charge >= 0.3 is 0 Å². The summed E-state index contributed by atoms with van der Waals surface area (Å²) < 4.78 is 13.2. The summed E-state index contributed by atoms with van der Waals surface area (Å²) in [4.78, 5) is 4.67. The van der Waals surface area contributed by atoms with Crippen LogP contribution in [0.15, 0.2) is 42.7 Å². The lowest BCUT2D eigenvalue weighted by Crippen LogP contribution is -2.15. The second-order valence-corrected chi connectivity index (χ2v) is 5.20. The molecule has 0 atom stereocenters. The third kappa shape index (κ3) is 2.24. The van der Waals surface area contributed by atoms with E-state index in [1.807, 2.05) is 47.1 Å². The fourth-order valence-corrected chi connectivity index (χ4v) is 2.64. The molecular weight excluding hydrogens is 278 g/mol. The van der Waals surface area contributed by atoms with Crippen molar-refractivity contribution in [3.8, 4) is 22.8 Å². The summed E-state index contributed by atoms with van der Waals surface area (Å²) in [5, 5.41) is 3.30. The van der Waals surface area contributed by atoms with Crippen LogP contribution in [0.2, 0.25) is 0 Å². The van der Waals surface area contributed by atoms with Crippen LogP contribution in [-0.2, 0) is 0 Å².